The lowest BCUT2D eigenvalue weighted by Crippen LogP contribution is -2.55. The Morgan fingerprint density at radius 1 is 1.13 bits per heavy atom. The molecule has 2 unspecified atom stereocenters. The summed E-state index contributed by atoms with van der Waals surface area (Å²) in [6.07, 6.45) is 5.79. The van der Waals surface area contributed by atoms with E-state index in [1.807, 2.05) is 42.5 Å². The number of nitrogens with zero attached hydrogens (tertiary/aromatic N) is 2. The second-order valence-electron chi connectivity index (χ2n) is 8.45. The first-order valence-corrected chi connectivity index (χ1v) is 10.7. The first-order chi connectivity index (χ1) is 14.6. The van der Waals surface area contributed by atoms with Crippen molar-refractivity contribution in [2.24, 2.45) is 0 Å². The molecule has 2 atom stereocenters. The Kier molecular flexibility index (Phi) is 4.95. The molecular weight excluding hydrogens is 378 g/mol. The number of oxazole rings is 1. The molecule has 2 aliphatic rings. The molecule has 1 aromatic heterocycles. The number of para-hydroxylation sites is 1. The lowest BCUT2D eigenvalue weighted by Gasteiger charge is -2.47. The molecular formula is C24H27N3O3. The van der Waals surface area contributed by atoms with E-state index in [-0.39, 0.29) is 11.9 Å². The molecule has 3 heterocycles. The molecule has 1 N–H and O–H groups in total. The van der Waals surface area contributed by atoms with Gasteiger partial charge in [0.1, 0.15) is 11.3 Å². The number of fused-ring (bicyclic) bond motifs is 3. The molecule has 6 heteroatoms. The first kappa shape index (κ1) is 19.1. The van der Waals surface area contributed by atoms with Gasteiger partial charge in [0.15, 0.2) is 5.58 Å². The van der Waals surface area contributed by atoms with Gasteiger partial charge in [-0.25, -0.2) is 4.98 Å². The van der Waals surface area contributed by atoms with E-state index in [0.29, 0.717) is 34.6 Å². The fourth-order valence-electron chi connectivity index (χ4n) is 4.99. The van der Waals surface area contributed by atoms with Crippen molar-refractivity contribution in [3.63, 3.8) is 0 Å². The van der Waals surface area contributed by atoms with Crippen molar-refractivity contribution in [1.29, 1.82) is 0 Å². The van der Waals surface area contributed by atoms with Crippen LogP contribution in [0.5, 0.6) is 5.75 Å². The molecule has 3 aromatic rings. The van der Waals surface area contributed by atoms with Gasteiger partial charge in [0.05, 0.1) is 12.7 Å². The summed E-state index contributed by atoms with van der Waals surface area (Å²) in [5.41, 5.74) is 2.64. The zero-order valence-electron chi connectivity index (χ0n) is 17.4. The minimum absolute atomic E-state index is 0.0668. The predicted octanol–water partition coefficient (Wildman–Crippen LogP) is 4.25. The number of benzene rings is 2. The third-order valence-electron chi connectivity index (χ3n) is 6.68. The number of methoxy groups -OCH3 is 1. The zero-order chi connectivity index (χ0) is 20.7. The van der Waals surface area contributed by atoms with Crippen LogP contribution in [0.1, 0.15) is 42.5 Å². The fraction of sp³-hybridized carbons (Fsp3) is 0.417. The summed E-state index contributed by atoms with van der Waals surface area (Å²) in [5.74, 6) is 1.21. The van der Waals surface area contributed by atoms with Crippen molar-refractivity contribution < 1.29 is 13.9 Å². The van der Waals surface area contributed by atoms with Crippen LogP contribution in [0, 0.1) is 0 Å². The van der Waals surface area contributed by atoms with Gasteiger partial charge in [0, 0.05) is 23.7 Å². The number of amides is 1. The molecule has 0 aliphatic carbocycles. The lowest BCUT2D eigenvalue weighted by molar-refractivity contribution is 0.0463. The molecule has 0 radical (unpaired) electrons. The molecule has 2 aliphatic heterocycles. The maximum absolute atomic E-state index is 13.1. The Morgan fingerprint density at radius 3 is 2.57 bits per heavy atom. The SMILES string of the molecule is COc1ccc(-c2nc3c(C(=O)NC4CC5CCCC(C4)N5C)cccc3o2)cc1. The van der Waals surface area contributed by atoms with Crippen LogP contribution >= 0.6 is 0 Å². The van der Waals surface area contributed by atoms with Gasteiger partial charge in [0.2, 0.25) is 5.89 Å². The van der Waals surface area contributed by atoms with Crippen molar-refractivity contribution in [3.05, 3.63) is 48.0 Å². The summed E-state index contributed by atoms with van der Waals surface area (Å²) in [7, 11) is 3.86. The second kappa shape index (κ2) is 7.76. The number of aromatic nitrogens is 1. The standard InChI is InChI=1S/C24H27N3O3/c1-27-17-5-3-6-18(27)14-16(13-17)25-23(28)20-7-4-8-21-22(20)26-24(30-21)15-9-11-19(29-2)12-10-15/h4,7-12,16-18H,3,5-6,13-14H2,1-2H3,(H,25,28). The molecule has 1 amide bonds. The van der Waals surface area contributed by atoms with Crippen LogP contribution < -0.4 is 10.1 Å². The molecule has 156 valence electrons. The topological polar surface area (TPSA) is 67.6 Å². The average molecular weight is 405 g/mol. The number of carbonyl (C=O) groups excluding carboxylic acids is 1. The minimum atomic E-state index is -0.0668. The van der Waals surface area contributed by atoms with E-state index in [1.54, 1.807) is 7.11 Å². The van der Waals surface area contributed by atoms with E-state index < -0.39 is 0 Å². The molecule has 30 heavy (non-hydrogen) atoms. The van der Waals surface area contributed by atoms with E-state index in [2.05, 4.69) is 22.2 Å². The van der Waals surface area contributed by atoms with Gasteiger partial charge in [-0.05, 0) is 69.1 Å². The number of ether oxygens (including phenoxy) is 1. The van der Waals surface area contributed by atoms with Crippen molar-refractivity contribution >= 4 is 17.0 Å². The highest BCUT2D eigenvalue weighted by Crippen LogP contribution is 2.33. The normalized spacial score (nSPS) is 24.0. The van der Waals surface area contributed by atoms with Crippen LogP contribution in [0.2, 0.25) is 0 Å². The highest BCUT2D eigenvalue weighted by atomic mass is 16.5. The van der Waals surface area contributed by atoms with E-state index in [1.165, 1.54) is 19.3 Å². The van der Waals surface area contributed by atoms with Gasteiger partial charge in [-0.15, -0.1) is 0 Å². The highest BCUT2D eigenvalue weighted by molar-refractivity contribution is 6.05. The average Bonchev–Trinajstić information content (AvgIpc) is 3.19. The van der Waals surface area contributed by atoms with E-state index in [9.17, 15) is 4.79 Å². The molecule has 2 bridgehead atoms. The summed E-state index contributed by atoms with van der Waals surface area (Å²) in [5, 5.41) is 3.28. The highest BCUT2D eigenvalue weighted by Gasteiger charge is 2.36. The van der Waals surface area contributed by atoms with Crippen LogP contribution in [-0.2, 0) is 0 Å². The van der Waals surface area contributed by atoms with Gasteiger partial charge in [-0.2, -0.15) is 0 Å². The maximum Gasteiger partial charge on any atom is 0.253 e. The number of carbonyl (C=O) groups is 1. The summed E-state index contributed by atoms with van der Waals surface area (Å²) in [6, 6.07) is 14.4. The van der Waals surface area contributed by atoms with E-state index in [4.69, 9.17) is 9.15 Å². The quantitative estimate of drug-likeness (QED) is 0.703. The van der Waals surface area contributed by atoms with Crippen LogP contribution in [0.25, 0.3) is 22.6 Å². The Balaban J connectivity index is 1.38. The van der Waals surface area contributed by atoms with Crippen molar-refractivity contribution in [3.8, 4) is 17.2 Å². The summed E-state index contributed by atoms with van der Waals surface area (Å²) >= 11 is 0. The van der Waals surface area contributed by atoms with Crippen LogP contribution in [0.3, 0.4) is 0 Å². The monoisotopic (exact) mass is 405 g/mol. The molecule has 2 aromatic carbocycles. The Hall–Kier alpha value is -2.86. The maximum atomic E-state index is 13.1. The third kappa shape index (κ3) is 3.45. The zero-order valence-corrected chi connectivity index (χ0v) is 17.4. The lowest BCUT2D eigenvalue weighted by atomic mass is 9.82. The molecule has 6 nitrogen and oxygen atoms in total. The Morgan fingerprint density at radius 2 is 1.87 bits per heavy atom. The minimum Gasteiger partial charge on any atom is -0.497 e. The molecule has 2 saturated heterocycles. The second-order valence-corrected chi connectivity index (χ2v) is 8.45. The van der Waals surface area contributed by atoms with Crippen molar-refractivity contribution in [2.45, 2.75) is 50.2 Å². The van der Waals surface area contributed by atoms with Gasteiger partial charge in [-0.1, -0.05) is 12.5 Å². The number of hydrogen-bond donors (Lipinski definition) is 1. The number of rotatable bonds is 4. The van der Waals surface area contributed by atoms with Crippen LogP contribution in [-0.4, -0.2) is 48.1 Å². The summed E-state index contributed by atoms with van der Waals surface area (Å²) < 4.78 is 11.2. The fourth-order valence-corrected chi connectivity index (χ4v) is 4.99. The molecule has 0 spiro atoms. The summed E-state index contributed by atoms with van der Waals surface area (Å²) in [4.78, 5) is 20.3. The molecule has 0 saturated carbocycles. The summed E-state index contributed by atoms with van der Waals surface area (Å²) in [6.45, 7) is 0. The first-order valence-electron chi connectivity index (χ1n) is 10.7. The van der Waals surface area contributed by atoms with Crippen LogP contribution in [0.4, 0.5) is 0 Å². The number of piperidine rings is 2. The van der Waals surface area contributed by atoms with Gasteiger partial charge in [-0.3, -0.25) is 4.79 Å². The Bertz CT molecular complexity index is 1050. The van der Waals surface area contributed by atoms with E-state index >= 15 is 0 Å². The van der Waals surface area contributed by atoms with Gasteiger partial charge >= 0.3 is 0 Å². The third-order valence-corrected chi connectivity index (χ3v) is 6.68. The van der Waals surface area contributed by atoms with E-state index in [0.717, 1.165) is 24.2 Å². The smallest absolute Gasteiger partial charge is 0.253 e. The predicted molar refractivity (Wildman–Crippen MR) is 116 cm³/mol. The number of nitrogens with one attached hydrogen (secondary N) is 1. The molecule has 5 rings (SSSR count). The molecule has 2 fully saturated rings. The van der Waals surface area contributed by atoms with Crippen molar-refractivity contribution in [1.82, 2.24) is 15.2 Å². The Labute approximate surface area is 176 Å². The number of hydrogen-bond acceptors (Lipinski definition) is 5. The van der Waals surface area contributed by atoms with Crippen molar-refractivity contribution in [2.75, 3.05) is 14.2 Å². The van der Waals surface area contributed by atoms with Crippen LogP contribution in [0.15, 0.2) is 46.9 Å². The largest absolute Gasteiger partial charge is 0.497 e. The van der Waals surface area contributed by atoms with Gasteiger partial charge in [0.25, 0.3) is 5.91 Å². The van der Waals surface area contributed by atoms with Gasteiger partial charge < -0.3 is 19.4 Å².